The van der Waals surface area contributed by atoms with Gasteiger partial charge in [-0.25, -0.2) is 0 Å². The van der Waals surface area contributed by atoms with Gasteiger partial charge >= 0.3 is 0 Å². The van der Waals surface area contributed by atoms with Crippen molar-refractivity contribution in [1.82, 2.24) is 10.6 Å². The summed E-state index contributed by atoms with van der Waals surface area (Å²) in [4.78, 5) is 0. The fourth-order valence-electron chi connectivity index (χ4n) is 2.54. The molecule has 2 rings (SSSR count). The van der Waals surface area contributed by atoms with Crippen molar-refractivity contribution in [2.24, 2.45) is 0 Å². The smallest absolute Gasteiger partial charge is 0.166 e. The lowest BCUT2D eigenvalue weighted by atomic mass is 10.1. The second-order valence-electron chi connectivity index (χ2n) is 5.19. The number of nitrogens with one attached hydrogen (secondary N) is 2. The largest absolute Gasteiger partial charge is 0.360 e. The van der Waals surface area contributed by atoms with Crippen molar-refractivity contribution in [3.63, 3.8) is 0 Å². The zero-order chi connectivity index (χ0) is 12.8. The SMILES string of the molecule is CC(Cc1ccccc1)NC(=S)NC1CCCC1. The van der Waals surface area contributed by atoms with Crippen LogP contribution in [-0.4, -0.2) is 17.2 Å². The quantitative estimate of drug-likeness (QED) is 0.816. The lowest BCUT2D eigenvalue weighted by Gasteiger charge is -2.20. The molecule has 0 aromatic heterocycles. The highest BCUT2D eigenvalue weighted by Gasteiger charge is 2.16. The van der Waals surface area contributed by atoms with Crippen molar-refractivity contribution < 1.29 is 0 Å². The van der Waals surface area contributed by atoms with Gasteiger partial charge in [0.1, 0.15) is 0 Å². The topological polar surface area (TPSA) is 24.1 Å². The Labute approximate surface area is 115 Å². The van der Waals surface area contributed by atoms with Crippen LogP contribution in [0.5, 0.6) is 0 Å². The van der Waals surface area contributed by atoms with E-state index in [1.165, 1.54) is 31.2 Å². The van der Waals surface area contributed by atoms with E-state index >= 15 is 0 Å². The van der Waals surface area contributed by atoms with Gasteiger partial charge in [0.25, 0.3) is 0 Å². The molecule has 1 fully saturated rings. The lowest BCUT2D eigenvalue weighted by Crippen LogP contribution is -2.45. The van der Waals surface area contributed by atoms with Gasteiger partial charge in [0.15, 0.2) is 5.11 Å². The maximum absolute atomic E-state index is 5.36. The molecule has 0 aliphatic heterocycles. The van der Waals surface area contributed by atoms with E-state index in [2.05, 4.69) is 41.8 Å². The number of thiocarbonyl (C=S) groups is 1. The van der Waals surface area contributed by atoms with E-state index in [1.807, 2.05) is 6.07 Å². The summed E-state index contributed by atoms with van der Waals surface area (Å²) in [6.07, 6.45) is 6.19. The first-order valence-corrected chi connectivity index (χ1v) is 7.26. The van der Waals surface area contributed by atoms with Crippen LogP contribution in [0.25, 0.3) is 0 Å². The van der Waals surface area contributed by atoms with Crippen molar-refractivity contribution in [1.29, 1.82) is 0 Å². The minimum absolute atomic E-state index is 0.369. The van der Waals surface area contributed by atoms with E-state index in [4.69, 9.17) is 12.2 Å². The van der Waals surface area contributed by atoms with Crippen LogP contribution in [0, 0.1) is 0 Å². The molecule has 0 saturated heterocycles. The molecule has 1 saturated carbocycles. The second kappa shape index (κ2) is 6.74. The molecule has 0 amide bonds. The van der Waals surface area contributed by atoms with Gasteiger partial charge in [-0.1, -0.05) is 43.2 Å². The predicted molar refractivity (Wildman–Crippen MR) is 80.7 cm³/mol. The first kappa shape index (κ1) is 13.3. The summed E-state index contributed by atoms with van der Waals surface area (Å²) in [5.41, 5.74) is 1.35. The van der Waals surface area contributed by atoms with Gasteiger partial charge in [0.05, 0.1) is 0 Å². The van der Waals surface area contributed by atoms with Crippen LogP contribution in [0.2, 0.25) is 0 Å². The van der Waals surface area contributed by atoms with Gasteiger partial charge in [0.2, 0.25) is 0 Å². The van der Waals surface area contributed by atoms with Gasteiger partial charge in [0, 0.05) is 12.1 Å². The van der Waals surface area contributed by atoms with Gasteiger partial charge < -0.3 is 10.6 Å². The van der Waals surface area contributed by atoms with Gasteiger partial charge in [-0.05, 0) is 44.0 Å². The lowest BCUT2D eigenvalue weighted by molar-refractivity contribution is 0.594. The zero-order valence-electron chi connectivity index (χ0n) is 11.0. The zero-order valence-corrected chi connectivity index (χ0v) is 11.8. The van der Waals surface area contributed by atoms with Crippen LogP contribution in [0.15, 0.2) is 30.3 Å². The minimum Gasteiger partial charge on any atom is -0.360 e. The number of hydrogen-bond donors (Lipinski definition) is 2. The first-order chi connectivity index (χ1) is 8.74. The van der Waals surface area contributed by atoms with Crippen LogP contribution in [0.1, 0.15) is 38.2 Å². The molecule has 18 heavy (non-hydrogen) atoms. The molecule has 1 unspecified atom stereocenters. The van der Waals surface area contributed by atoms with E-state index in [-0.39, 0.29) is 0 Å². The van der Waals surface area contributed by atoms with Crippen molar-refractivity contribution in [3.8, 4) is 0 Å². The van der Waals surface area contributed by atoms with Crippen molar-refractivity contribution >= 4 is 17.3 Å². The van der Waals surface area contributed by atoms with Crippen LogP contribution >= 0.6 is 12.2 Å². The maximum Gasteiger partial charge on any atom is 0.166 e. The highest BCUT2D eigenvalue weighted by atomic mass is 32.1. The molecule has 1 aromatic rings. The molecule has 1 atom stereocenters. The monoisotopic (exact) mass is 262 g/mol. The summed E-state index contributed by atoms with van der Waals surface area (Å²) in [6.45, 7) is 2.18. The summed E-state index contributed by atoms with van der Waals surface area (Å²) in [5, 5.41) is 7.60. The Kier molecular flexibility index (Phi) is 5.00. The Morgan fingerprint density at radius 1 is 1.28 bits per heavy atom. The summed E-state index contributed by atoms with van der Waals surface area (Å²) >= 11 is 5.36. The molecular formula is C15H22N2S. The fourth-order valence-corrected chi connectivity index (χ4v) is 2.91. The van der Waals surface area contributed by atoms with Crippen LogP contribution in [0.3, 0.4) is 0 Å². The molecule has 1 aromatic carbocycles. The Morgan fingerprint density at radius 2 is 1.94 bits per heavy atom. The van der Waals surface area contributed by atoms with Crippen molar-refractivity contribution in [2.45, 2.75) is 51.1 Å². The molecule has 0 spiro atoms. The average Bonchev–Trinajstić information content (AvgIpc) is 2.82. The molecule has 1 aliphatic carbocycles. The summed E-state index contributed by atoms with van der Waals surface area (Å²) in [5.74, 6) is 0. The summed E-state index contributed by atoms with van der Waals surface area (Å²) in [6, 6.07) is 11.5. The van der Waals surface area contributed by atoms with Crippen molar-refractivity contribution in [3.05, 3.63) is 35.9 Å². The summed E-state index contributed by atoms with van der Waals surface area (Å²) < 4.78 is 0. The molecule has 2 N–H and O–H groups in total. The van der Waals surface area contributed by atoms with Crippen LogP contribution in [-0.2, 0) is 6.42 Å². The standard InChI is InChI=1S/C15H22N2S/c1-12(11-13-7-3-2-4-8-13)16-15(18)17-14-9-5-6-10-14/h2-4,7-8,12,14H,5-6,9-11H2,1H3,(H2,16,17,18). The highest BCUT2D eigenvalue weighted by molar-refractivity contribution is 7.80. The third-order valence-electron chi connectivity index (χ3n) is 3.45. The van der Waals surface area contributed by atoms with E-state index in [9.17, 15) is 0 Å². The second-order valence-corrected chi connectivity index (χ2v) is 5.60. The normalized spacial score (nSPS) is 17.4. The molecule has 0 heterocycles. The van der Waals surface area contributed by atoms with Crippen LogP contribution < -0.4 is 10.6 Å². The maximum atomic E-state index is 5.36. The Hall–Kier alpha value is -1.09. The Bertz CT molecular complexity index is 371. The van der Waals surface area contributed by atoms with Gasteiger partial charge in [-0.15, -0.1) is 0 Å². The van der Waals surface area contributed by atoms with E-state index in [0.29, 0.717) is 12.1 Å². The highest BCUT2D eigenvalue weighted by Crippen LogP contribution is 2.17. The summed E-state index contributed by atoms with van der Waals surface area (Å²) in [7, 11) is 0. The fraction of sp³-hybridized carbons (Fsp3) is 0.533. The van der Waals surface area contributed by atoms with Crippen molar-refractivity contribution in [2.75, 3.05) is 0 Å². The average molecular weight is 262 g/mol. The third kappa shape index (κ3) is 4.30. The number of benzene rings is 1. The van der Waals surface area contributed by atoms with Gasteiger partial charge in [-0.2, -0.15) is 0 Å². The predicted octanol–water partition coefficient (Wildman–Crippen LogP) is 3.02. The molecule has 0 radical (unpaired) electrons. The molecule has 2 nitrogen and oxygen atoms in total. The van der Waals surface area contributed by atoms with Crippen LogP contribution in [0.4, 0.5) is 0 Å². The third-order valence-corrected chi connectivity index (χ3v) is 3.69. The van der Waals surface area contributed by atoms with E-state index in [1.54, 1.807) is 0 Å². The minimum atomic E-state index is 0.369. The molecular weight excluding hydrogens is 240 g/mol. The van der Waals surface area contributed by atoms with Gasteiger partial charge in [-0.3, -0.25) is 0 Å². The Balaban J connectivity index is 1.73. The Morgan fingerprint density at radius 3 is 2.61 bits per heavy atom. The molecule has 1 aliphatic rings. The molecule has 3 heteroatoms. The first-order valence-electron chi connectivity index (χ1n) is 6.85. The number of rotatable bonds is 4. The molecule has 0 bridgehead atoms. The van der Waals surface area contributed by atoms with E-state index < -0.39 is 0 Å². The number of hydrogen-bond acceptors (Lipinski definition) is 1. The van der Waals surface area contributed by atoms with E-state index in [0.717, 1.165) is 11.5 Å². The molecule has 98 valence electrons.